The number of ketones is 1. The van der Waals surface area contributed by atoms with Crippen molar-refractivity contribution in [2.45, 2.75) is 19.0 Å². The fourth-order valence-corrected chi connectivity index (χ4v) is 0.706. The average Bonchev–Trinajstić information content (AvgIpc) is 2.47. The Morgan fingerprint density at radius 3 is 2.78 bits per heavy atom. The van der Waals surface area contributed by atoms with E-state index in [0.717, 1.165) is 0 Å². The standard InChI is InChI=1S/C6H6FNO/c7-5-3-4(5)6(9)1-2-8/h4-5H,1,3H2/t4-,5+/m1/s1. The Morgan fingerprint density at radius 1 is 1.89 bits per heavy atom. The summed E-state index contributed by atoms with van der Waals surface area (Å²) in [6.07, 6.45) is -0.753. The van der Waals surface area contributed by atoms with Gasteiger partial charge in [-0.3, -0.25) is 4.79 Å². The maximum absolute atomic E-state index is 12.0. The van der Waals surface area contributed by atoms with Crippen molar-refractivity contribution in [3.8, 4) is 6.07 Å². The Bertz CT molecular complexity index is 172. The summed E-state index contributed by atoms with van der Waals surface area (Å²) in [7, 11) is 0. The highest BCUT2D eigenvalue weighted by molar-refractivity contribution is 5.85. The van der Waals surface area contributed by atoms with Crippen molar-refractivity contribution < 1.29 is 9.18 Å². The van der Waals surface area contributed by atoms with E-state index < -0.39 is 12.1 Å². The van der Waals surface area contributed by atoms with Crippen LogP contribution in [0.3, 0.4) is 0 Å². The molecule has 1 rings (SSSR count). The molecule has 0 saturated heterocycles. The van der Waals surface area contributed by atoms with Crippen molar-refractivity contribution in [2.24, 2.45) is 5.92 Å². The first-order chi connectivity index (χ1) is 4.25. The second kappa shape index (κ2) is 2.14. The van der Waals surface area contributed by atoms with Crippen molar-refractivity contribution in [1.29, 1.82) is 5.26 Å². The molecular weight excluding hydrogens is 121 g/mol. The molecule has 2 nitrogen and oxygen atoms in total. The molecule has 0 amide bonds. The van der Waals surface area contributed by atoms with Gasteiger partial charge in [0.15, 0.2) is 5.78 Å². The normalized spacial score (nSPS) is 31.1. The molecule has 0 bridgehead atoms. The first-order valence-electron chi connectivity index (χ1n) is 2.79. The minimum absolute atomic E-state index is 0.134. The summed E-state index contributed by atoms with van der Waals surface area (Å²) in [5.41, 5.74) is 0. The van der Waals surface area contributed by atoms with E-state index in [1.807, 2.05) is 0 Å². The molecule has 0 radical (unpaired) electrons. The summed E-state index contributed by atoms with van der Waals surface area (Å²) in [4.78, 5) is 10.6. The van der Waals surface area contributed by atoms with E-state index in [1.165, 1.54) is 0 Å². The predicted molar refractivity (Wildman–Crippen MR) is 28.2 cm³/mol. The van der Waals surface area contributed by atoms with Gasteiger partial charge < -0.3 is 0 Å². The van der Waals surface area contributed by atoms with Crippen LogP contribution in [0.25, 0.3) is 0 Å². The molecule has 0 aromatic carbocycles. The molecule has 1 fully saturated rings. The topological polar surface area (TPSA) is 40.9 Å². The second-order valence-corrected chi connectivity index (χ2v) is 2.16. The third-order valence-electron chi connectivity index (χ3n) is 1.38. The lowest BCUT2D eigenvalue weighted by molar-refractivity contribution is -0.119. The lowest BCUT2D eigenvalue weighted by Gasteiger charge is -1.84. The van der Waals surface area contributed by atoms with E-state index in [2.05, 4.69) is 0 Å². The van der Waals surface area contributed by atoms with Crippen molar-refractivity contribution in [3.63, 3.8) is 0 Å². The van der Waals surface area contributed by atoms with Gasteiger partial charge >= 0.3 is 0 Å². The van der Waals surface area contributed by atoms with E-state index in [9.17, 15) is 9.18 Å². The molecule has 0 aromatic heterocycles. The minimum atomic E-state index is -0.953. The van der Waals surface area contributed by atoms with Crippen LogP contribution in [0.1, 0.15) is 12.8 Å². The molecule has 1 aliphatic rings. The zero-order chi connectivity index (χ0) is 6.85. The maximum Gasteiger partial charge on any atom is 0.152 e. The number of carbonyl (C=O) groups is 1. The van der Waals surface area contributed by atoms with Gasteiger partial charge in [0.1, 0.15) is 6.17 Å². The van der Waals surface area contributed by atoms with Gasteiger partial charge in [0.05, 0.1) is 18.4 Å². The lowest BCUT2D eigenvalue weighted by atomic mass is 10.2. The Labute approximate surface area is 52.3 Å². The van der Waals surface area contributed by atoms with Crippen LogP contribution in [0.2, 0.25) is 0 Å². The van der Waals surface area contributed by atoms with Crippen molar-refractivity contribution >= 4 is 5.78 Å². The third-order valence-corrected chi connectivity index (χ3v) is 1.38. The van der Waals surface area contributed by atoms with Gasteiger partial charge in [-0.25, -0.2) is 4.39 Å². The molecule has 0 aromatic rings. The van der Waals surface area contributed by atoms with Gasteiger partial charge in [-0.2, -0.15) is 5.26 Å². The average molecular weight is 127 g/mol. The second-order valence-electron chi connectivity index (χ2n) is 2.16. The van der Waals surface area contributed by atoms with Crippen molar-refractivity contribution in [2.75, 3.05) is 0 Å². The number of nitriles is 1. The highest BCUT2D eigenvalue weighted by atomic mass is 19.1. The zero-order valence-electron chi connectivity index (χ0n) is 4.80. The smallest absolute Gasteiger partial charge is 0.152 e. The summed E-state index contributed by atoms with van der Waals surface area (Å²) < 4.78 is 12.0. The van der Waals surface area contributed by atoms with Gasteiger partial charge in [-0.15, -0.1) is 0 Å². The molecule has 2 atom stereocenters. The number of alkyl halides is 1. The fourth-order valence-electron chi connectivity index (χ4n) is 0.706. The Balaban J connectivity index is 2.30. The largest absolute Gasteiger partial charge is 0.298 e. The molecule has 3 heteroatoms. The van der Waals surface area contributed by atoms with Crippen LogP contribution >= 0.6 is 0 Å². The summed E-state index contributed by atoms with van der Waals surface area (Å²) in [6.45, 7) is 0. The van der Waals surface area contributed by atoms with Gasteiger partial charge in [0.2, 0.25) is 0 Å². The van der Waals surface area contributed by atoms with Crippen LogP contribution in [0.4, 0.5) is 4.39 Å². The molecule has 0 aliphatic heterocycles. The molecule has 0 heterocycles. The number of halogens is 1. The molecule has 48 valence electrons. The van der Waals surface area contributed by atoms with Crippen LogP contribution in [0, 0.1) is 17.2 Å². The SMILES string of the molecule is N#CCC(=O)[C@@H]1C[C@@H]1F. The van der Waals surface area contributed by atoms with Crippen molar-refractivity contribution in [3.05, 3.63) is 0 Å². The first kappa shape index (κ1) is 6.21. The number of rotatable bonds is 2. The Hall–Kier alpha value is -0.910. The summed E-state index contributed by atoms with van der Waals surface area (Å²) in [5, 5.41) is 8.01. The van der Waals surface area contributed by atoms with Crippen molar-refractivity contribution in [1.82, 2.24) is 0 Å². The number of nitrogens with zero attached hydrogens (tertiary/aromatic N) is 1. The molecular formula is C6H6FNO. The van der Waals surface area contributed by atoms with Crippen LogP contribution in [-0.4, -0.2) is 12.0 Å². The van der Waals surface area contributed by atoms with Crippen LogP contribution in [0.15, 0.2) is 0 Å². The number of hydrogen-bond acceptors (Lipinski definition) is 2. The van der Waals surface area contributed by atoms with Gasteiger partial charge in [-0.05, 0) is 6.42 Å². The summed E-state index contributed by atoms with van der Waals surface area (Å²) in [6, 6.07) is 1.69. The van der Waals surface area contributed by atoms with E-state index >= 15 is 0 Å². The van der Waals surface area contributed by atoms with Gasteiger partial charge in [0, 0.05) is 0 Å². The van der Waals surface area contributed by atoms with E-state index in [-0.39, 0.29) is 12.2 Å². The summed E-state index contributed by atoms with van der Waals surface area (Å²) >= 11 is 0. The van der Waals surface area contributed by atoms with Crippen LogP contribution in [-0.2, 0) is 4.79 Å². The van der Waals surface area contributed by atoms with E-state index in [4.69, 9.17) is 5.26 Å². The van der Waals surface area contributed by atoms with Crippen LogP contribution < -0.4 is 0 Å². The van der Waals surface area contributed by atoms with E-state index in [0.29, 0.717) is 6.42 Å². The predicted octanol–water partition coefficient (Wildman–Crippen LogP) is 0.827. The maximum atomic E-state index is 12.0. The Kier molecular flexibility index (Phi) is 1.48. The third kappa shape index (κ3) is 1.26. The zero-order valence-corrected chi connectivity index (χ0v) is 4.80. The fraction of sp³-hybridized carbons (Fsp3) is 0.667. The first-order valence-corrected chi connectivity index (χ1v) is 2.79. The number of hydrogen-bond donors (Lipinski definition) is 0. The van der Waals surface area contributed by atoms with Gasteiger partial charge in [-0.1, -0.05) is 0 Å². The van der Waals surface area contributed by atoms with Gasteiger partial charge in [0.25, 0.3) is 0 Å². The number of carbonyl (C=O) groups excluding carboxylic acids is 1. The Morgan fingerprint density at radius 2 is 2.44 bits per heavy atom. The minimum Gasteiger partial charge on any atom is -0.298 e. The lowest BCUT2D eigenvalue weighted by Crippen LogP contribution is -2.00. The highest BCUT2D eigenvalue weighted by Crippen LogP contribution is 2.35. The molecule has 1 aliphatic carbocycles. The molecule has 0 N–H and O–H groups in total. The summed E-state index contributed by atoms with van der Waals surface area (Å²) in [5.74, 6) is -0.686. The van der Waals surface area contributed by atoms with Crippen LogP contribution in [0.5, 0.6) is 0 Å². The quantitative estimate of drug-likeness (QED) is 0.551. The number of Topliss-reactive ketones (excluding diaryl/α,β-unsaturated/α-hetero) is 1. The monoisotopic (exact) mass is 127 g/mol. The molecule has 0 spiro atoms. The molecule has 9 heavy (non-hydrogen) atoms. The molecule has 0 unspecified atom stereocenters. The highest BCUT2D eigenvalue weighted by Gasteiger charge is 2.42. The van der Waals surface area contributed by atoms with E-state index in [1.54, 1.807) is 6.07 Å². The molecule has 1 saturated carbocycles.